The second-order valence-corrected chi connectivity index (χ2v) is 4.25. The smallest absolute Gasteiger partial charge is 0.259 e. The van der Waals surface area contributed by atoms with Crippen LogP contribution in [0.3, 0.4) is 0 Å². The van der Waals surface area contributed by atoms with E-state index in [-0.39, 0.29) is 16.7 Å². The Bertz CT molecular complexity index is 588. The summed E-state index contributed by atoms with van der Waals surface area (Å²) in [5, 5.41) is 0.284. The Balaban J connectivity index is 2.39. The first-order valence-corrected chi connectivity index (χ1v) is 6.14. The van der Waals surface area contributed by atoms with E-state index >= 15 is 0 Å². The largest absolute Gasteiger partial charge is 0.384 e. The van der Waals surface area contributed by atoms with Crippen LogP contribution in [0.5, 0.6) is 0 Å². The van der Waals surface area contributed by atoms with Crippen molar-refractivity contribution in [3.63, 3.8) is 0 Å². The molecule has 0 bridgehead atoms. The van der Waals surface area contributed by atoms with Crippen LogP contribution in [0.2, 0.25) is 5.02 Å². The molecule has 0 saturated heterocycles. The minimum absolute atomic E-state index is 0.215. The summed E-state index contributed by atoms with van der Waals surface area (Å²) < 4.78 is 0. The van der Waals surface area contributed by atoms with Gasteiger partial charge in [-0.15, -0.1) is 0 Å². The Hall–Kier alpha value is -2.14. The minimum atomic E-state index is -0.215. The van der Waals surface area contributed by atoms with Gasteiger partial charge in [0.1, 0.15) is 5.82 Å². The number of aromatic nitrogens is 2. The van der Waals surface area contributed by atoms with Crippen molar-refractivity contribution in [3.8, 4) is 0 Å². The van der Waals surface area contributed by atoms with Crippen molar-refractivity contribution in [2.24, 2.45) is 0 Å². The van der Waals surface area contributed by atoms with Gasteiger partial charge in [0.25, 0.3) is 5.91 Å². The molecule has 0 atom stereocenters. The van der Waals surface area contributed by atoms with E-state index in [2.05, 4.69) is 9.97 Å². The van der Waals surface area contributed by atoms with Crippen LogP contribution in [-0.2, 0) is 0 Å². The molecule has 0 aliphatic carbocycles. The number of carbonyl (C=O) groups is 1. The molecule has 0 radical (unpaired) electrons. The van der Waals surface area contributed by atoms with Crippen molar-refractivity contribution in [3.05, 3.63) is 47.4 Å². The van der Waals surface area contributed by atoms with Crippen LogP contribution < -0.4 is 10.6 Å². The van der Waals surface area contributed by atoms with Gasteiger partial charge < -0.3 is 10.6 Å². The molecule has 1 amide bonds. The molecule has 0 aliphatic heterocycles. The zero-order valence-electron chi connectivity index (χ0n) is 10.4. The second kappa shape index (κ2) is 5.67. The third-order valence-electron chi connectivity index (χ3n) is 2.64. The van der Waals surface area contributed by atoms with Crippen molar-refractivity contribution >= 4 is 29.0 Å². The maximum atomic E-state index is 12.5. The number of pyridine rings is 2. The molecule has 2 aromatic heterocycles. The van der Waals surface area contributed by atoms with E-state index in [0.29, 0.717) is 12.1 Å². The van der Waals surface area contributed by atoms with E-state index in [1.165, 1.54) is 12.3 Å². The van der Waals surface area contributed by atoms with Crippen LogP contribution in [0.25, 0.3) is 0 Å². The van der Waals surface area contributed by atoms with Gasteiger partial charge in [0.05, 0.1) is 10.6 Å². The second-order valence-electron chi connectivity index (χ2n) is 3.84. The minimum Gasteiger partial charge on any atom is -0.384 e. The van der Waals surface area contributed by atoms with Gasteiger partial charge in [-0.3, -0.25) is 9.78 Å². The topological polar surface area (TPSA) is 72.1 Å². The van der Waals surface area contributed by atoms with Gasteiger partial charge in [-0.1, -0.05) is 11.6 Å². The van der Waals surface area contributed by atoms with E-state index in [4.69, 9.17) is 17.3 Å². The van der Waals surface area contributed by atoms with Crippen molar-refractivity contribution in [1.82, 2.24) is 9.97 Å². The van der Waals surface area contributed by atoms with Gasteiger partial charge in [0, 0.05) is 30.8 Å². The zero-order valence-corrected chi connectivity index (χ0v) is 11.1. The van der Waals surface area contributed by atoms with Crippen molar-refractivity contribution in [1.29, 1.82) is 0 Å². The summed E-state index contributed by atoms with van der Waals surface area (Å²) in [4.78, 5) is 21.9. The SMILES string of the molecule is CCN(C(=O)c1cc(N)ncc1Cl)c1ccncc1. The standard InChI is InChI=1S/C13H13ClN4O/c1-2-18(9-3-5-16-6-4-9)13(19)10-7-12(15)17-8-11(10)14/h3-8H,2H2,1H3,(H2,15,17). The first-order valence-electron chi connectivity index (χ1n) is 5.76. The van der Waals surface area contributed by atoms with E-state index in [9.17, 15) is 4.79 Å². The highest BCUT2D eigenvalue weighted by Crippen LogP contribution is 2.22. The number of anilines is 2. The Kier molecular flexibility index (Phi) is 3.97. The normalized spacial score (nSPS) is 10.2. The average Bonchev–Trinajstić information content (AvgIpc) is 2.43. The lowest BCUT2D eigenvalue weighted by Crippen LogP contribution is -2.31. The Morgan fingerprint density at radius 1 is 1.42 bits per heavy atom. The van der Waals surface area contributed by atoms with E-state index in [0.717, 1.165) is 5.69 Å². The molecule has 2 rings (SSSR count). The zero-order chi connectivity index (χ0) is 13.8. The van der Waals surface area contributed by atoms with Gasteiger partial charge in [-0.05, 0) is 25.1 Å². The Labute approximate surface area is 116 Å². The van der Waals surface area contributed by atoms with Gasteiger partial charge in [0.2, 0.25) is 0 Å². The predicted molar refractivity (Wildman–Crippen MR) is 75.2 cm³/mol. The molecule has 2 aromatic rings. The van der Waals surface area contributed by atoms with Crippen LogP contribution in [0, 0.1) is 0 Å². The first kappa shape index (κ1) is 13.3. The number of amides is 1. The van der Waals surface area contributed by atoms with Gasteiger partial charge in [0.15, 0.2) is 0 Å². The molecule has 0 aromatic carbocycles. The number of nitrogens with two attached hydrogens (primary N) is 1. The fourth-order valence-corrected chi connectivity index (χ4v) is 1.92. The molecule has 2 heterocycles. The number of nitrogens with zero attached hydrogens (tertiary/aromatic N) is 3. The molecule has 0 aliphatic rings. The Morgan fingerprint density at radius 3 is 2.74 bits per heavy atom. The molecule has 0 unspecified atom stereocenters. The number of halogens is 1. The number of hydrogen-bond donors (Lipinski definition) is 1. The molecule has 19 heavy (non-hydrogen) atoms. The lowest BCUT2D eigenvalue weighted by molar-refractivity contribution is 0.0988. The number of carbonyl (C=O) groups excluding carboxylic acids is 1. The molecule has 2 N–H and O–H groups in total. The van der Waals surface area contributed by atoms with Crippen molar-refractivity contribution < 1.29 is 4.79 Å². The summed E-state index contributed by atoms with van der Waals surface area (Å²) in [5.41, 5.74) is 6.69. The average molecular weight is 277 g/mol. The predicted octanol–water partition coefficient (Wildman–Crippen LogP) is 2.38. The molecule has 5 nitrogen and oxygen atoms in total. The maximum absolute atomic E-state index is 12.5. The lowest BCUT2D eigenvalue weighted by Gasteiger charge is -2.21. The molecular formula is C13H13ClN4O. The number of nitrogen functional groups attached to an aromatic ring is 1. The van der Waals surface area contributed by atoms with Gasteiger partial charge in [-0.25, -0.2) is 4.98 Å². The summed E-state index contributed by atoms with van der Waals surface area (Å²) in [5.74, 6) is 0.0475. The summed E-state index contributed by atoms with van der Waals surface area (Å²) >= 11 is 6.00. The van der Waals surface area contributed by atoms with Gasteiger partial charge >= 0.3 is 0 Å². The Morgan fingerprint density at radius 2 is 2.11 bits per heavy atom. The fraction of sp³-hybridized carbons (Fsp3) is 0.154. The van der Waals surface area contributed by atoms with E-state index < -0.39 is 0 Å². The molecule has 98 valence electrons. The maximum Gasteiger partial charge on any atom is 0.259 e. The highest BCUT2D eigenvalue weighted by molar-refractivity contribution is 6.34. The summed E-state index contributed by atoms with van der Waals surface area (Å²) in [6.45, 7) is 2.40. The summed E-state index contributed by atoms with van der Waals surface area (Å²) in [6, 6.07) is 5.01. The lowest BCUT2D eigenvalue weighted by atomic mass is 10.2. The van der Waals surface area contributed by atoms with Crippen LogP contribution in [0.4, 0.5) is 11.5 Å². The molecule has 0 fully saturated rings. The number of rotatable bonds is 3. The van der Waals surface area contributed by atoms with Crippen molar-refractivity contribution in [2.75, 3.05) is 17.2 Å². The molecular weight excluding hydrogens is 264 g/mol. The highest BCUT2D eigenvalue weighted by atomic mass is 35.5. The van der Waals surface area contributed by atoms with Crippen LogP contribution >= 0.6 is 11.6 Å². The molecule has 6 heteroatoms. The van der Waals surface area contributed by atoms with E-state index in [1.807, 2.05) is 6.92 Å². The number of hydrogen-bond acceptors (Lipinski definition) is 4. The van der Waals surface area contributed by atoms with Gasteiger partial charge in [-0.2, -0.15) is 0 Å². The third kappa shape index (κ3) is 2.82. The summed E-state index contributed by atoms with van der Waals surface area (Å²) in [6.07, 6.45) is 4.64. The van der Waals surface area contributed by atoms with Crippen molar-refractivity contribution in [2.45, 2.75) is 6.92 Å². The molecule has 0 spiro atoms. The van der Waals surface area contributed by atoms with E-state index in [1.54, 1.807) is 29.4 Å². The quantitative estimate of drug-likeness (QED) is 0.934. The monoisotopic (exact) mass is 276 g/mol. The van der Waals surface area contributed by atoms with Crippen LogP contribution in [0.15, 0.2) is 36.8 Å². The highest BCUT2D eigenvalue weighted by Gasteiger charge is 2.19. The van der Waals surface area contributed by atoms with Crippen LogP contribution in [-0.4, -0.2) is 22.4 Å². The summed E-state index contributed by atoms with van der Waals surface area (Å²) in [7, 11) is 0. The molecule has 0 saturated carbocycles. The third-order valence-corrected chi connectivity index (χ3v) is 2.94. The first-order chi connectivity index (χ1) is 9.13. The fourth-order valence-electron chi connectivity index (χ4n) is 1.73. The van der Waals surface area contributed by atoms with Crippen LogP contribution in [0.1, 0.15) is 17.3 Å².